The molecule has 1 aliphatic carbocycles. The lowest BCUT2D eigenvalue weighted by molar-refractivity contribution is 0.132. The molecule has 0 amide bonds. The van der Waals surface area contributed by atoms with E-state index in [9.17, 15) is 5.11 Å². The Bertz CT molecular complexity index is 197. The van der Waals surface area contributed by atoms with Gasteiger partial charge in [0.15, 0.2) is 0 Å². The summed E-state index contributed by atoms with van der Waals surface area (Å²) in [6.07, 6.45) is 5.09. The Morgan fingerprint density at radius 2 is 1.88 bits per heavy atom. The van der Waals surface area contributed by atoms with Gasteiger partial charge >= 0.3 is 0 Å². The molecule has 102 valence electrons. The minimum atomic E-state index is 0.358. The molecule has 1 fully saturated rings. The molecule has 0 aromatic carbocycles. The van der Waals surface area contributed by atoms with Gasteiger partial charge < -0.3 is 16.2 Å². The summed E-state index contributed by atoms with van der Waals surface area (Å²) in [4.78, 5) is 0. The molecule has 0 aromatic rings. The third kappa shape index (κ3) is 4.94. The van der Waals surface area contributed by atoms with E-state index >= 15 is 0 Å². The van der Waals surface area contributed by atoms with E-state index in [1.54, 1.807) is 0 Å². The Balaban J connectivity index is 2.24. The van der Waals surface area contributed by atoms with Crippen LogP contribution in [-0.4, -0.2) is 31.3 Å². The quantitative estimate of drug-likeness (QED) is 0.635. The molecule has 0 saturated heterocycles. The van der Waals surface area contributed by atoms with Crippen molar-refractivity contribution in [2.75, 3.05) is 26.2 Å². The van der Waals surface area contributed by atoms with Crippen LogP contribution in [0.15, 0.2) is 0 Å². The van der Waals surface area contributed by atoms with Gasteiger partial charge in [0.1, 0.15) is 0 Å². The van der Waals surface area contributed by atoms with Crippen LogP contribution >= 0.6 is 0 Å². The topological polar surface area (TPSA) is 58.3 Å². The van der Waals surface area contributed by atoms with E-state index < -0.39 is 0 Å². The van der Waals surface area contributed by atoms with Crippen molar-refractivity contribution in [2.45, 2.75) is 39.5 Å². The first kappa shape index (κ1) is 14.9. The molecule has 17 heavy (non-hydrogen) atoms. The average molecular weight is 242 g/mol. The summed E-state index contributed by atoms with van der Waals surface area (Å²) in [7, 11) is 0. The highest BCUT2D eigenvalue weighted by Crippen LogP contribution is 2.29. The summed E-state index contributed by atoms with van der Waals surface area (Å²) in [5.41, 5.74) is 5.77. The van der Waals surface area contributed by atoms with E-state index in [2.05, 4.69) is 19.2 Å². The number of aliphatic hydroxyl groups excluding tert-OH is 1. The SMILES string of the molecule is CC(C)C(CN)CNCC1CCCCC1CO. The molecule has 0 radical (unpaired) electrons. The van der Waals surface area contributed by atoms with Gasteiger partial charge in [-0.2, -0.15) is 0 Å². The Morgan fingerprint density at radius 3 is 2.41 bits per heavy atom. The molecule has 0 aliphatic heterocycles. The van der Waals surface area contributed by atoms with Crippen LogP contribution in [0, 0.1) is 23.7 Å². The van der Waals surface area contributed by atoms with Crippen molar-refractivity contribution in [1.82, 2.24) is 5.32 Å². The number of hydrogen-bond acceptors (Lipinski definition) is 3. The Morgan fingerprint density at radius 1 is 1.24 bits per heavy atom. The third-order valence-electron chi connectivity index (χ3n) is 4.36. The van der Waals surface area contributed by atoms with Crippen LogP contribution in [0.1, 0.15) is 39.5 Å². The molecule has 1 aliphatic rings. The summed E-state index contributed by atoms with van der Waals surface area (Å²) >= 11 is 0. The number of rotatable bonds is 7. The zero-order valence-electron chi connectivity index (χ0n) is 11.5. The largest absolute Gasteiger partial charge is 0.396 e. The molecular formula is C14H30N2O. The van der Waals surface area contributed by atoms with E-state index in [-0.39, 0.29) is 0 Å². The van der Waals surface area contributed by atoms with E-state index in [0.717, 1.165) is 19.6 Å². The standard InChI is InChI=1S/C14H30N2O/c1-11(2)14(7-15)9-16-8-12-5-3-4-6-13(12)10-17/h11-14,16-17H,3-10,15H2,1-2H3. The highest BCUT2D eigenvalue weighted by atomic mass is 16.3. The second-order valence-corrected chi connectivity index (χ2v) is 5.89. The van der Waals surface area contributed by atoms with Crippen molar-refractivity contribution in [2.24, 2.45) is 29.4 Å². The number of nitrogens with one attached hydrogen (secondary N) is 1. The fourth-order valence-electron chi connectivity index (χ4n) is 2.84. The van der Waals surface area contributed by atoms with Gasteiger partial charge in [-0.05, 0) is 56.1 Å². The van der Waals surface area contributed by atoms with Crippen molar-refractivity contribution < 1.29 is 5.11 Å². The first-order chi connectivity index (χ1) is 8.19. The van der Waals surface area contributed by atoms with E-state index in [0.29, 0.717) is 30.3 Å². The van der Waals surface area contributed by atoms with Crippen LogP contribution in [0.3, 0.4) is 0 Å². The van der Waals surface area contributed by atoms with Gasteiger partial charge in [0.05, 0.1) is 0 Å². The van der Waals surface area contributed by atoms with Crippen molar-refractivity contribution >= 4 is 0 Å². The smallest absolute Gasteiger partial charge is 0.0462 e. The monoisotopic (exact) mass is 242 g/mol. The summed E-state index contributed by atoms with van der Waals surface area (Å²) in [6.45, 7) is 7.65. The highest BCUT2D eigenvalue weighted by molar-refractivity contribution is 4.77. The van der Waals surface area contributed by atoms with Crippen molar-refractivity contribution in [3.8, 4) is 0 Å². The second-order valence-electron chi connectivity index (χ2n) is 5.89. The molecule has 3 unspecified atom stereocenters. The van der Waals surface area contributed by atoms with E-state index in [1.165, 1.54) is 25.7 Å². The van der Waals surface area contributed by atoms with Crippen LogP contribution < -0.4 is 11.1 Å². The minimum Gasteiger partial charge on any atom is -0.396 e. The maximum atomic E-state index is 9.36. The van der Waals surface area contributed by atoms with Gasteiger partial charge in [-0.25, -0.2) is 0 Å². The van der Waals surface area contributed by atoms with Gasteiger partial charge in [0.25, 0.3) is 0 Å². The fraction of sp³-hybridized carbons (Fsp3) is 1.00. The predicted octanol–water partition coefficient (Wildman–Crippen LogP) is 1.61. The number of hydrogen-bond donors (Lipinski definition) is 3. The van der Waals surface area contributed by atoms with Crippen LogP contribution in [0.2, 0.25) is 0 Å². The van der Waals surface area contributed by atoms with Gasteiger partial charge in [0, 0.05) is 6.61 Å². The summed E-state index contributed by atoms with van der Waals surface area (Å²) in [5.74, 6) is 2.41. The van der Waals surface area contributed by atoms with Crippen molar-refractivity contribution in [1.29, 1.82) is 0 Å². The molecule has 3 atom stereocenters. The molecular weight excluding hydrogens is 212 g/mol. The van der Waals surface area contributed by atoms with Gasteiger partial charge in [0.2, 0.25) is 0 Å². The van der Waals surface area contributed by atoms with Crippen molar-refractivity contribution in [3.05, 3.63) is 0 Å². The maximum absolute atomic E-state index is 9.36. The van der Waals surface area contributed by atoms with Gasteiger partial charge in [-0.15, -0.1) is 0 Å². The number of aliphatic hydroxyl groups is 1. The van der Waals surface area contributed by atoms with E-state index in [1.807, 2.05) is 0 Å². The zero-order chi connectivity index (χ0) is 12.7. The lowest BCUT2D eigenvalue weighted by atomic mass is 9.79. The van der Waals surface area contributed by atoms with Crippen LogP contribution in [0.5, 0.6) is 0 Å². The van der Waals surface area contributed by atoms with Crippen LogP contribution in [0.25, 0.3) is 0 Å². The Labute approximate surface area is 106 Å². The average Bonchev–Trinajstić information content (AvgIpc) is 2.34. The molecule has 0 heterocycles. The molecule has 0 aromatic heterocycles. The molecule has 1 rings (SSSR count). The molecule has 0 spiro atoms. The maximum Gasteiger partial charge on any atom is 0.0462 e. The summed E-state index contributed by atoms with van der Waals surface area (Å²) in [5, 5.41) is 12.9. The molecule has 0 bridgehead atoms. The first-order valence-corrected chi connectivity index (χ1v) is 7.20. The van der Waals surface area contributed by atoms with Crippen LogP contribution in [-0.2, 0) is 0 Å². The molecule has 3 heteroatoms. The van der Waals surface area contributed by atoms with Crippen LogP contribution in [0.4, 0.5) is 0 Å². The van der Waals surface area contributed by atoms with E-state index in [4.69, 9.17) is 5.73 Å². The highest BCUT2D eigenvalue weighted by Gasteiger charge is 2.24. The molecule has 3 nitrogen and oxygen atoms in total. The molecule has 1 saturated carbocycles. The van der Waals surface area contributed by atoms with Gasteiger partial charge in [-0.3, -0.25) is 0 Å². The predicted molar refractivity (Wildman–Crippen MR) is 72.8 cm³/mol. The minimum absolute atomic E-state index is 0.358. The lowest BCUT2D eigenvalue weighted by Crippen LogP contribution is -2.37. The van der Waals surface area contributed by atoms with Crippen molar-refractivity contribution in [3.63, 3.8) is 0 Å². The fourth-order valence-corrected chi connectivity index (χ4v) is 2.84. The lowest BCUT2D eigenvalue weighted by Gasteiger charge is -2.31. The Kier molecular flexibility index (Phi) is 7.09. The number of nitrogens with two attached hydrogens (primary N) is 1. The van der Waals surface area contributed by atoms with Gasteiger partial charge in [-0.1, -0.05) is 26.7 Å². The molecule has 4 N–H and O–H groups in total. The third-order valence-corrected chi connectivity index (χ3v) is 4.36. The second kappa shape index (κ2) is 8.06. The summed E-state index contributed by atoms with van der Waals surface area (Å²) in [6, 6.07) is 0. The summed E-state index contributed by atoms with van der Waals surface area (Å²) < 4.78 is 0. The first-order valence-electron chi connectivity index (χ1n) is 7.20. The Hall–Kier alpha value is -0.120. The zero-order valence-corrected chi connectivity index (χ0v) is 11.5. The normalized spacial score (nSPS) is 27.4.